The molecular formula is C16H23F3N2O3. The van der Waals surface area contributed by atoms with Crippen LogP contribution in [0.3, 0.4) is 0 Å². The van der Waals surface area contributed by atoms with Crippen molar-refractivity contribution in [3.05, 3.63) is 29.8 Å². The Hall–Kier alpha value is -1.35. The van der Waals surface area contributed by atoms with Gasteiger partial charge in [0.05, 0.1) is 12.2 Å². The molecule has 0 aliphatic carbocycles. The summed E-state index contributed by atoms with van der Waals surface area (Å²) in [5.41, 5.74) is 0.552. The van der Waals surface area contributed by atoms with Crippen LogP contribution < -0.4 is 4.74 Å². The van der Waals surface area contributed by atoms with Crippen LogP contribution in [0.5, 0.6) is 5.75 Å². The second-order valence-electron chi connectivity index (χ2n) is 6.08. The standard InChI is InChI=1S/C16H23F3N2O3/c1-12(22)10-20-6-8-21(9-7-20)11-15(23)13-2-4-14(5-3-13)24-16(17,18)19/h2-5,12,15,22-23H,6-11H2,1H3/t12-,15+/m1/s1. The summed E-state index contributed by atoms with van der Waals surface area (Å²) >= 11 is 0. The number of piperazine rings is 1. The van der Waals surface area contributed by atoms with Crippen LogP contribution in [0.4, 0.5) is 13.2 Å². The van der Waals surface area contributed by atoms with Crippen molar-refractivity contribution in [2.24, 2.45) is 0 Å². The molecule has 5 nitrogen and oxygen atoms in total. The lowest BCUT2D eigenvalue weighted by Crippen LogP contribution is -2.49. The van der Waals surface area contributed by atoms with Gasteiger partial charge in [-0.15, -0.1) is 13.2 Å². The summed E-state index contributed by atoms with van der Waals surface area (Å²) in [6.07, 6.45) is -5.85. The molecular weight excluding hydrogens is 325 g/mol. The van der Waals surface area contributed by atoms with E-state index < -0.39 is 12.5 Å². The molecule has 0 bridgehead atoms. The molecule has 1 aromatic rings. The van der Waals surface area contributed by atoms with E-state index >= 15 is 0 Å². The highest BCUT2D eigenvalue weighted by atomic mass is 19.4. The molecule has 1 aliphatic rings. The lowest BCUT2D eigenvalue weighted by Gasteiger charge is -2.36. The van der Waals surface area contributed by atoms with Crippen LogP contribution in [0.1, 0.15) is 18.6 Å². The first-order valence-corrected chi connectivity index (χ1v) is 7.89. The summed E-state index contributed by atoms with van der Waals surface area (Å²) in [5, 5.41) is 19.6. The Morgan fingerprint density at radius 3 is 1.96 bits per heavy atom. The molecule has 1 saturated heterocycles. The number of nitrogens with zero attached hydrogens (tertiary/aromatic N) is 2. The van der Waals surface area contributed by atoms with Gasteiger partial charge in [-0.25, -0.2) is 0 Å². The maximum Gasteiger partial charge on any atom is 0.573 e. The number of β-amino-alcohol motifs (C(OH)–C–C–N with tert-alkyl or cyclic N) is 2. The molecule has 0 amide bonds. The number of rotatable bonds is 6. The Bertz CT molecular complexity index is 500. The van der Waals surface area contributed by atoms with Crippen molar-refractivity contribution in [3.63, 3.8) is 0 Å². The molecule has 1 aromatic carbocycles. The average Bonchev–Trinajstić information content (AvgIpc) is 2.48. The summed E-state index contributed by atoms with van der Waals surface area (Å²) in [6, 6.07) is 5.28. The van der Waals surface area contributed by atoms with Crippen molar-refractivity contribution in [3.8, 4) is 5.75 Å². The Morgan fingerprint density at radius 1 is 1.00 bits per heavy atom. The van der Waals surface area contributed by atoms with E-state index in [1.54, 1.807) is 6.92 Å². The summed E-state index contributed by atoms with van der Waals surface area (Å²) in [6.45, 7) is 5.99. The molecule has 136 valence electrons. The minimum atomic E-state index is -4.72. The minimum Gasteiger partial charge on any atom is -0.406 e. The summed E-state index contributed by atoms with van der Waals surface area (Å²) in [7, 11) is 0. The lowest BCUT2D eigenvalue weighted by molar-refractivity contribution is -0.274. The smallest absolute Gasteiger partial charge is 0.406 e. The molecule has 1 heterocycles. The Labute approximate surface area is 139 Å². The molecule has 1 fully saturated rings. The van der Waals surface area contributed by atoms with Crippen LogP contribution in [0.15, 0.2) is 24.3 Å². The van der Waals surface area contributed by atoms with Crippen molar-refractivity contribution >= 4 is 0 Å². The lowest BCUT2D eigenvalue weighted by atomic mass is 10.1. The van der Waals surface area contributed by atoms with E-state index in [0.29, 0.717) is 18.7 Å². The number of aliphatic hydroxyl groups excluding tert-OH is 2. The molecule has 2 N–H and O–H groups in total. The van der Waals surface area contributed by atoms with Crippen LogP contribution in [-0.4, -0.2) is 71.7 Å². The van der Waals surface area contributed by atoms with Crippen molar-refractivity contribution in [1.29, 1.82) is 0 Å². The summed E-state index contributed by atoms with van der Waals surface area (Å²) in [4.78, 5) is 4.26. The molecule has 0 saturated carbocycles. The van der Waals surface area contributed by atoms with Gasteiger partial charge >= 0.3 is 6.36 Å². The van der Waals surface area contributed by atoms with Gasteiger partial charge in [0.2, 0.25) is 0 Å². The van der Waals surface area contributed by atoms with E-state index in [1.807, 2.05) is 0 Å². The first-order chi connectivity index (χ1) is 11.2. The van der Waals surface area contributed by atoms with E-state index in [0.717, 1.165) is 26.2 Å². The predicted octanol–water partition coefficient (Wildman–Crippen LogP) is 1.62. The molecule has 2 rings (SSSR count). The van der Waals surface area contributed by atoms with Crippen molar-refractivity contribution < 1.29 is 28.1 Å². The van der Waals surface area contributed by atoms with Gasteiger partial charge < -0.3 is 14.9 Å². The van der Waals surface area contributed by atoms with E-state index in [-0.39, 0.29) is 11.9 Å². The molecule has 0 radical (unpaired) electrons. The first kappa shape index (κ1) is 19.0. The molecule has 0 unspecified atom stereocenters. The van der Waals surface area contributed by atoms with E-state index in [2.05, 4.69) is 14.5 Å². The molecule has 1 aliphatic heterocycles. The minimum absolute atomic E-state index is 0.301. The highest BCUT2D eigenvalue weighted by Gasteiger charge is 2.31. The Balaban J connectivity index is 1.81. The molecule has 2 atom stereocenters. The number of alkyl halides is 3. The van der Waals surface area contributed by atoms with Gasteiger partial charge in [0.25, 0.3) is 0 Å². The molecule has 0 spiro atoms. The zero-order valence-electron chi connectivity index (χ0n) is 13.5. The average molecular weight is 348 g/mol. The molecule has 0 aromatic heterocycles. The third kappa shape index (κ3) is 6.27. The highest BCUT2D eigenvalue weighted by molar-refractivity contribution is 5.28. The van der Waals surface area contributed by atoms with Gasteiger partial charge in [0.1, 0.15) is 5.75 Å². The van der Waals surface area contributed by atoms with E-state index in [4.69, 9.17) is 0 Å². The van der Waals surface area contributed by atoms with Crippen molar-refractivity contribution in [2.75, 3.05) is 39.3 Å². The van der Waals surface area contributed by atoms with Gasteiger partial charge in [-0.1, -0.05) is 12.1 Å². The fraction of sp³-hybridized carbons (Fsp3) is 0.625. The second-order valence-corrected chi connectivity index (χ2v) is 6.08. The molecule has 24 heavy (non-hydrogen) atoms. The fourth-order valence-electron chi connectivity index (χ4n) is 2.77. The van der Waals surface area contributed by atoms with Gasteiger partial charge in [0, 0.05) is 39.3 Å². The van der Waals surface area contributed by atoms with E-state index in [9.17, 15) is 23.4 Å². The van der Waals surface area contributed by atoms with Gasteiger partial charge in [-0.2, -0.15) is 0 Å². The SMILES string of the molecule is C[C@@H](O)CN1CCN(C[C@H](O)c2ccc(OC(F)(F)F)cc2)CC1. The molecule has 8 heteroatoms. The zero-order chi connectivity index (χ0) is 17.7. The van der Waals surface area contributed by atoms with Gasteiger partial charge in [-0.3, -0.25) is 9.80 Å². The number of benzene rings is 1. The first-order valence-electron chi connectivity index (χ1n) is 7.89. The van der Waals surface area contributed by atoms with Crippen molar-refractivity contribution in [1.82, 2.24) is 9.80 Å². The Morgan fingerprint density at radius 2 is 1.50 bits per heavy atom. The third-order valence-electron chi connectivity index (χ3n) is 3.92. The summed E-state index contributed by atoms with van der Waals surface area (Å²) < 4.78 is 40.2. The number of hydrogen-bond donors (Lipinski definition) is 2. The number of halogens is 3. The predicted molar refractivity (Wildman–Crippen MR) is 82.6 cm³/mol. The number of aliphatic hydroxyl groups is 2. The summed E-state index contributed by atoms with van der Waals surface area (Å²) in [5.74, 6) is -0.301. The maximum atomic E-state index is 12.1. The third-order valence-corrected chi connectivity index (χ3v) is 3.92. The highest BCUT2D eigenvalue weighted by Crippen LogP contribution is 2.24. The Kier molecular flexibility index (Phi) is 6.45. The fourth-order valence-corrected chi connectivity index (χ4v) is 2.77. The van der Waals surface area contributed by atoms with Crippen LogP contribution in [0.25, 0.3) is 0 Å². The monoisotopic (exact) mass is 348 g/mol. The quantitative estimate of drug-likeness (QED) is 0.818. The van der Waals surface area contributed by atoms with Gasteiger partial charge in [-0.05, 0) is 24.6 Å². The van der Waals surface area contributed by atoms with Crippen molar-refractivity contribution in [2.45, 2.75) is 25.5 Å². The van der Waals surface area contributed by atoms with E-state index in [1.165, 1.54) is 24.3 Å². The normalized spacial score (nSPS) is 19.9. The van der Waals surface area contributed by atoms with Gasteiger partial charge in [0.15, 0.2) is 0 Å². The zero-order valence-corrected chi connectivity index (χ0v) is 13.5. The van der Waals surface area contributed by atoms with Crippen LogP contribution in [-0.2, 0) is 0 Å². The second kappa shape index (κ2) is 8.15. The largest absolute Gasteiger partial charge is 0.573 e. The maximum absolute atomic E-state index is 12.1. The van der Waals surface area contributed by atoms with Crippen LogP contribution >= 0.6 is 0 Å². The number of ether oxygens (including phenoxy) is 1. The van der Waals surface area contributed by atoms with Crippen LogP contribution in [0, 0.1) is 0 Å². The number of hydrogen-bond acceptors (Lipinski definition) is 5. The topological polar surface area (TPSA) is 56.2 Å². The van der Waals surface area contributed by atoms with Crippen LogP contribution in [0.2, 0.25) is 0 Å².